The van der Waals surface area contributed by atoms with Crippen molar-refractivity contribution in [2.45, 2.75) is 39.2 Å². The van der Waals surface area contributed by atoms with Crippen molar-refractivity contribution in [1.82, 2.24) is 5.32 Å². The number of unbranched alkanes of at least 4 members (excludes halogenated alkanes) is 1. The highest BCUT2D eigenvalue weighted by molar-refractivity contribution is 6.31. The second-order valence-corrected chi connectivity index (χ2v) is 4.88. The van der Waals surface area contributed by atoms with Gasteiger partial charge in [0, 0.05) is 10.6 Å². The van der Waals surface area contributed by atoms with Crippen LogP contribution >= 0.6 is 11.6 Å². The molecule has 104 valence electrons. The summed E-state index contributed by atoms with van der Waals surface area (Å²) in [7, 11) is 0. The molecule has 1 atom stereocenters. The smallest absolute Gasteiger partial charge is 0.326 e. The molecule has 19 heavy (non-hydrogen) atoms. The number of amides is 1. The van der Waals surface area contributed by atoms with Crippen molar-refractivity contribution < 1.29 is 14.7 Å². The summed E-state index contributed by atoms with van der Waals surface area (Å²) in [4.78, 5) is 23.0. The Kier molecular flexibility index (Phi) is 5.83. The summed E-state index contributed by atoms with van der Waals surface area (Å²) in [6, 6.07) is 4.06. The monoisotopic (exact) mass is 283 g/mol. The molecule has 0 heterocycles. The van der Waals surface area contributed by atoms with Crippen LogP contribution in [0.25, 0.3) is 0 Å². The predicted octanol–water partition coefficient (Wildman–Crippen LogP) is 3.02. The Morgan fingerprint density at radius 2 is 2.11 bits per heavy atom. The fourth-order valence-corrected chi connectivity index (χ4v) is 1.82. The standard InChI is InChI=1S/C14H18ClNO3/c1-3-4-5-12(14(18)19)16-13(17)10-7-6-9(2)11(15)8-10/h6-8,12H,3-5H2,1-2H3,(H,16,17)(H,18,19). The fraction of sp³-hybridized carbons (Fsp3) is 0.429. The summed E-state index contributed by atoms with van der Waals surface area (Å²) in [5.74, 6) is -1.43. The van der Waals surface area contributed by atoms with Crippen molar-refractivity contribution in [3.63, 3.8) is 0 Å². The molecule has 0 saturated carbocycles. The second-order valence-electron chi connectivity index (χ2n) is 4.47. The van der Waals surface area contributed by atoms with Gasteiger partial charge in [-0.15, -0.1) is 0 Å². The van der Waals surface area contributed by atoms with Crippen molar-refractivity contribution in [1.29, 1.82) is 0 Å². The average Bonchev–Trinajstić information content (AvgIpc) is 2.37. The number of halogens is 1. The van der Waals surface area contributed by atoms with Crippen LogP contribution in [0, 0.1) is 6.92 Å². The Hall–Kier alpha value is -1.55. The topological polar surface area (TPSA) is 66.4 Å². The van der Waals surface area contributed by atoms with Gasteiger partial charge in [-0.3, -0.25) is 4.79 Å². The maximum Gasteiger partial charge on any atom is 0.326 e. The molecule has 1 aromatic rings. The number of rotatable bonds is 6. The number of aliphatic carboxylic acids is 1. The van der Waals surface area contributed by atoms with Gasteiger partial charge in [0.2, 0.25) is 0 Å². The van der Waals surface area contributed by atoms with Gasteiger partial charge in [-0.2, -0.15) is 0 Å². The van der Waals surface area contributed by atoms with Gasteiger partial charge < -0.3 is 10.4 Å². The molecule has 1 unspecified atom stereocenters. The lowest BCUT2D eigenvalue weighted by Gasteiger charge is -2.14. The van der Waals surface area contributed by atoms with Crippen LogP contribution in [0.3, 0.4) is 0 Å². The van der Waals surface area contributed by atoms with Crippen LogP contribution in [0.4, 0.5) is 0 Å². The third-order valence-corrected chi connectivity index (χ3v) is 3.29. The average molecular weight is 284 g/mol. The number of hydrogen-bond acceptors (Lipinski definition) is 2. The van der Waals surface area contributed by atoms with Crippen LogP contribution in [-0.4, -0.2) is 23.0 Å². The highest BCUT2D eigenvalue weighted by Gasteiger charge is 2.20. The van der Waals surface area contributed by atoms with Crippen LogP contribution in [0.2, 0.25) is 5.02 Å². The van der Waals surface area contributed by atoms with Gasteiger partial charge >= 0.3 is 5.97 Å². The summed E-state index contributed by atoms with van der Waals surface area (Å²) < 4.78 is 0. The highest BCUT2D eigenvalue weighted by Crippen LogP contribution is 2.16. The highest BCUT2D eigenvalue weighted by atomic mass is 35.5. The first-order valence-corrected chi connectivity index (χ1v) is 6.63. The molecule has 2 N–H and O–H groups in total. The molecule has 0 saturated heterocycles. The van der Waals surface area contributed by atoms with Gasteiger partial charge in [-0.1, -0.05) is 37.4 Å². The molecule has 0 aliphatic rings. The zero-order valence-corrected chi connectivity index (χ0v) is 11.8. The maximum absolute atomic E-state index is 12.0. The molecule has 0 aliphatic carbocycles. The Labute approximate surface area is 117 Å². The normalized spacial score (nSPS) is 11.9. The molecule has 0 fully saturated rings. The zero-order chi connectivity index (χ0) is 14.4. The number of aryl methyl sites for hydroxylation is 1. The summed E-state index contributed by atoms with van der Waals surface area (Å²) >= 11 is 5.94. The number of carbonyl (C=O) groups is 2. The summed E-state index contributed by atoms with van der Waals surface area (Å²) in [6.45, 7) is 3.81. The first-order chi connectivity index (χ1) is 8.95. The third-order valence-electron chi connectivity index (χ3n) is 2.88. The van der Waals surface area contributed by atoms with Crippen molar-refractivity contribution in [3.8, 4) is 0 Å². The van der Waals surface area contributed by atoms with Gasteiger partial charge in [0.05, 0.1) is 0 Å². The number of carbonyl (C=O) groups excluding carboxylic acids is 1. The number of hydrogen-bond donors (Lipinski definition) is 2. The number of carboxylic acid groups (broad SMARTS) is 1. The second kappa shape index (κ2) is 7.14. The molecular weight excluding hydrogens is 266 g/mol. The number of carboxylic acids is 1. The molecule has 0 spiro atoms. The summed E-state index contributed by atoms with van der Waals surface area (Å²) in [5, 5.41) is 12.1. The Balaban J connectivity index is 2.75. The van der Waals surface area contributed by atoms with Crippen LogP contribution < -0.4 is 5.32 Å². The maximum atomic E-state index is 12.0. The van der Waals surface area contributed by atoms with Crippen LogP contribution in [0.15, 0.2) is 18.2 Å². The minimum absolute atomic E-state index is 0.373. The predicted molar refractivity (Wildman–Crippen MR) is 74.6 cm³/mol. The molecule has 0 bridgehead atoms. The van der Waals surface area contributed by atoms with Crippen molar-refractivity contribution in [2.75, 3.05) is 0 Å². The van der Waals surface area contributed by atoms with E-state index in [0.717, 1.165) is 18.4 Å². The quantitative estimate of drug-likeness (QED) is 0.843. The van der Waals surface area contributed by atoms with E-state index in [4.69, 9.17) is 16.7 Å². The van der Waals surface area contributed by atoms with Gasteiger partial charge in [0.15, 0.2) is 0 Å². The van der Waals surface area contributed by atoms with E-state index in [1.165, 1.54) is 0 Å². The molecule has 0 radical (unpaired) electrons. The lowest BCUT2D eigenvalue weighted by atomic mass is 10.1. The summed E-state index contributed by atoms with van der Waals surface area (Å²) in [5.41, 5.74) is 1.25. The van der Waals surface area contributed by atoms with Crippen molar-refractivity contribution in [2.24, 2.45) is 0 Å². The lowest BCUT2D eigenvalue weighted by molar-refractivity contribution is -0.139. The first kappa shape index (κ1) is 15.5. The van der Waals surface area contributed by atoms with Crippen LogP contribution in [-0.2, 0) is 4.79 Å². The van der Waals surface area contributed by atoms with Crippen molar-refractivity contribution in [3.05, 3.63) is 34.3 Å². The van der Waals surface area contributed by atoms with Gasteiger partial charge in [0.1, 0.15) is 6.04 Å². The third kappa shape index (κ3) is 4.56. The van der Waals surface area contributed by atoms with Gasteiger partial charge in [-0.25, -0.2) is 4.79 Å². The molecule has 0 aromatic heterocycles. The molecular formula is C14H18ClNO3. The van der Waals surface area contributed by atoms with E-state index in [-0.39, 0.29) is 0 Å². The Morgan fingerprint density at radius 1 is 1.42 bits per heavy atom. The minimum atomic E-state index is -1.01. The van der Waals surface area contributed by atoms with E-state index < -0.39 is 17.9 Å². The van der Waals surface area contributed by atoms with E-state index in [0.29, 0.717) is 17.0 Å². The fourth-order valence-electron chi connectivity index (χ4n) is 1.64. The van der Waals surface area contributed by atoms with Crippen LogP contribution in [0.5, 0.6) is 0 Å². The molecule has 4 nitrogen and oxygen atoms in total. The minimum Gasteiger partial charge on any atom is -0.480 e. The Bertz CT molecular complexity index is 474. The SMILES string of the molecule is CCCCC(NC(=O)c1ccc(C)c(Cl)c1)C(=O)O. The lowest BCUT2D eigenvalue weighted by Crippen LogP contribution is -2.40. The van der Waals surface area contributed by atoms with E-state index in [1.807, 2.05) is 13.8 Å². The zero-order valence-electron chi connectivity index (χ0n) is 11.1. The van der Waals surface area contributed by atoms with Gasteiger partial charge in [-0.05, 0) is 31.0 Å². The molecule has 1 aromatic carbocycles. The van der Waals surface area contributed by atoms with E-state index >= 15 is 0 Å². The Morgan fingerprint density at radius 3 is 2.63 bits per heavy atom. The van der Waals surface area contributed by atoms with E-state index in [1.54, 1.807) is 18.2 Å². The number of nitrogens with one attached hydrogen (secondary N) is 1. The van der Waals surface area contributed by atoms with Crippen molar-refractivity contribution >= 4 is 23.5 Å². The first-order valence-electron chi connectivity index (χ1n) is 6.25. The molecule has 0 aliphatic heterocycles. The molecule has 1 rings (SSSR count). The van der Waals surface area contributed by atoms with Crippen LogP contribution in [0.1, 0.15) is 42.1 Å². The number of benzene rings is 1. The molecule has 5 heteroatoms. The van der Waals surface area contributed by atoms with E-state index in [2.05, 4.69) is 5.32 Å². The van der Waals surface area contributed by atoms with Gasteiger partial charge in [0.25, 0.3) is 5.91 Å². The largest absolute Gasteiger partial charge is 0.480 e. The summed E-state index contributed by atoms with van der Waals surface area (Å²) in [6.07, 6.45) is 2.07. The molecule has 1 amide bonds. The van der Waals surface area contributed by atoms with E-state index in [9.17, 15) is 9.59 Å².